The molecule has 0 saturated heterocycles. The maximum Gasteiger partial charge on any atom is 0.163 e. The largest absolute Gasteiger partial charge is 0.370 e. The number of rotatable bonds is 4. The van der Waals surface area contributed by atoms with Gasteiger partial charge in [0.1, 0.15) is 5.82 Å². The average molecular weight is 242 g/mol. The molecule has 0 spiro atoms. The minimum Gasteiger partial charge on any atom is -0.370 e. The Balaban J connectivity index is 2.32. The second-order valence-corrected chi connectivity index (χ2v) is 4.33. The van der Waals surface area contributed by atoms with Crippen molar-refractivity contribution >= 4 is 5.82 Å². The molecule has 94 valence electrons. The van der Waals surface area contributed by atoms with Crippen molar-refractivity contribution in [3.8, 4) is 11.4 Å². The first-order valence-electron chi connectivity index (χ1n) is 6.21. The van der Waals surface area contributed by atoms with Gasteiger partial charge in [-0.3, -0.25) is 4.98 Å². The second kappa shape index (κ2) is 5.58. The number of hydrogen-bond acceptors (Lipinski definition) is 4. The summed E-state index contributed by atoms with van der Waals surface area (Å²) in [7, 11) is 0. The van der Waals surface area contributed by atoms with E-state index < -0.39 is 0 Å². The standard InChI is InChI=1S/C14H18N4/c1-4-7-15-13-8-11(3)17-14(18-13)12-6-5-10(2)16-9-12/h5-6,8-9H,4,7H2,1-3H3,(H,15,17,18). The normalized spacial score (nSPS) is 10.4. The number of aromatic nitrogens is 3. The predicted octanol–water partition coefficient (Wildman–Crippen LogP) is 2.98. The average Bonchev–Trinajstić information content (AvgIpc) is 2.36. The van der Waals surface area contributed by atoms with Gasteiger partial charge in [-0.1, -0.05) is 6.92 Å². The Bertz CT molecular complexity index is 520. The van der Waals surface area contributed by atoms with Gasteiger partial charge in [-0.2, -0.15) is 0 Å². The molecule has 0 radical (unpaired) electrons. The number of nitrogens with zero attached hydrogens (tertiary/aromatic N) is 3. The Morgan fingerprint density at radius 1 is 1.11 bits per heavy atom. The van der Waals surface area contributed by atoms with Crippen LogP contribution in [0.5, 0.6) is 0 Å². The van der Waals surface area contributed by atoms with E-state index in [0.29, 0.717) is 0 Å². The highest BCUT2D eigenvalue weighted by Gasteiger charge is 2.05. The molecule has 0 fully saturated rings. The molecule has 0 amide bonds. The van der Waals surface area contributed by atoms with Gasteiger partial charge in [-0.05, 0) is 32.4 Å². The number of hydrogen-bond donors (Lipinski definition) is 1. The first-order valence-corrected chi connectivity index (χ1v) is 6.21. The van der Waals surface area contributed by atoms with Crippen LogP contribution in [0.2, 0.25) is 0 Å². The number of aryl methyl sites for hydroxylation is 2. The van der Waals surface area contributed by atoms with E-state index in [1.54, 1.807) is 0 Å². The van der Waals surface area contributed by atoms with E-state index in [1.165, 1.54) is 0 Å². The molecule has 2 rings (SSSR count). The third-order valence-electron chi connectivity index (χ3n) is 2.58. The van der Waals surface area contributed by atoms with Gasteiger partial charge in [-0.25, -0.2) is 9.97 Å². The molecule has 0 aliphatic carbocycles. The first-order chi connectivity index (χ1) is 8.69. The SMILES string of the molecule is CCCNc1cc(C)nc(-c2ccc(C)nc2)n1. The van der Waals surface area contributed by atoms with Crippen LogP contribution in [0.1, 0.15) is 24.7 Å². The maximum atomic E-state index is 4.51. The summed E-state index contributed by atoms with van der Waals surface area (Å²) >= 11 is 0. The summed E-state index contributed by atoms with van der Waals surface area (Å²) in [5.74, 6) is 1.60. The molecule has 0 unspecified atom stereocenters. The molecule has 0 aromatic carbocycles. The minimum absolute atomic E-state index is 0.723. The summed E-state index contributed by atoms with van der Waals surface area (Å²) in [6.45, 7) is 6.99. The van der Waals surface area contributed by atoms with Crippen LogP contribution in [0.15, 0.2) is 24.4 Å². The molecule has 0 atom stereocenters. The summed E-state index contributed by atoms with van der Waals surface area (Å²) in [4.78, 5) is 13.2. The van der Waals surface area contributed by atoms with Crippen molar-refractivity contribution in [1.82, 2.24) is 15.0 Å². The van der Waals surface area contributed by atoms with Gasteiger partial charge in [0.2, 0.25) is 0 Å². The lowest BCUT2D eigenvalue weighted by Gasteiger charge is -2.07. The molecule has 0 bridgehead atoms. The highest BCUT2D eigenvalue weighted by atomic mass is 15.0. The third kappa shape index (κ3) is 3.03. The van der Waals surface area contributed by atoms with E-state index in [4.69, 9.17) is 0 Å². The Hall–Kier alpha value is -1.97. The van der Waals surface area contributed by atoms with Gasteiger partial charge in [0.15, 0.2) is 5.82 Å². The van der Waals surface area contributed by atoms with Crippen LogP contribution in [0, 0.1) is 13.8 Å². The lowest BCUT2D eigenvalue weighted by atomic mass is 10.2. The Kier molecular flexibility index (Phi) is 3.87. The van der Waals surface area contributed by atoms with Crippen molar-refractivity contribution < 1.29 is 0 Å². The van der Waals surface area contributed by atoms with Crippen molar-refractivity contribution in [1.29, 1.82) is 0 Å². The Labute approximate surface area is 108 Å². The Morgan fingerprint density at radius 3 is 2.61 bits per heavy atom. The van der Waals surface area contributed by atoms with E-state index in [9.17, 15) is 0 Å². The molecule has 0 aliphatic rings. The molecule has 2 heterocycles. The van der Waals surface area contributed by atoms with Crippen molar-refractivity contribution in [2.75, 3.05) is 11.9 Å². The molecule has 0 saturated carbocycles. The maximum absolute atomic E-state index is 4.51. The lowest BCUT2D eigenvalue weighted by molar-refractivity contribution is 0.962. The molecule has 0 aliphatic heterocycles. The minimum atomic E-state index is 0.723. The van der Waals surface area contributed by atoms with Gasteiger partial charge in [0.25, 0.3) is 0 Å². The predicted molar refractivity (Wildman–Crippen MR) is 73.5 cm³/mol. The van der Waals surface area contributed by atoms with E-state index >= 15 is 0 Å². The summed E-state index contributed by atoms with van der Waals surface area (Å²) in [6, 6.07) is 5.93. The summed E-state index contributed by atoms with van der Waals surface area (Å²) in [5.41, 5.74) is 2.90. The van der Waals surface area contributed by atoms with Crippen molar-refractivity contribution in [2.24, 2.45) is 0 Å². The fraction of sp³-hybridized carbons (Fsp3) is 0.357. The number of pyridine rings is 1. The first kappa shape index (κ1) is 12.5. The number of anilines is 1. The molecule has 1 N–H and O–H groups in total. The zero-order chi connectivity index (χ0) is 13.0. The van der Waals surface area contributed by atoms with Crippen LogP contribution < -0.4 is 5.32 Å². The van der Waals surface area contributed by atoms with E-state index in [1.807, 2.05) is 38.2 Å². The molecule has 2 aromatic heterocycles. The van der Waals surface area contributed by atoms with Crippen molar-refractivity contribution in [2.45, 2.75) is 27.2 Å². The van der Waals surface area contributed by atoms with Gasteiger partial charge in [0, 0.05) is 35.8 Å². The van der Waals surface area contributed by atoms with Crippen LogP contribution in [-0.4, -0.2) is 21.5 Å². The van der Waals surface area contributed by atoms with Crippen molar-refractivity contribution in [3.63, 3.8) is 0 Å². The topological polar surface area (TPSA) is 50.7 Å². The van der Waals surface area contributed by atoms with E-state index in [0.717, 1.165) is 41.6 Å². The van der Waals surface area contributed by atoms with Crippen LogP contribution in [0.25, 0.3) is 11.4 Å². The molecule has 18 heavy (non-hydrogen) atoms. The van der Waals surface area contributed by atoms with Gasteiger partial charge < -0.3 is 5.32 Å². The highest BCUT2D eigenvalue weighted by Crippen LogP contribution is 2.17. The fourth-order valence-electron chi connectivity index (χ4n) is 1.64. The summed E-state index contributed by atoms with van der Waals surface area (Å²) < 4.78 is 0. The second-order valence-electron chi connectivity index (χ2n) is 4.33. The van der Waals surface area contributed by atoms with Crippen LogP contribution in [-0.2, 0) is 0 Å². The fourth-order valence-corrected chi connectivity index (χ4v) is 1.64. The van der Waals surface area contributed by atoms with E-state index in [-0.39, 0.29) is 0 Å². The molecule has 2 aromatic rings. The zero-order valence-electron chi connectivity index (χ0n) is 11.1. The van der Waals surface area contributed by atoms with Crippen LogP contribution in [0.3, 0.4) is 0 Å². The quantitative estimate of drug-likeness (QED) is 0.895. The molecule has 4 heteroatoms. The lowest BCUT2D eigenvalue weighted by Crippen LogP contribution is -2.04. The molecular weight excluding hydrogens is 224 g/mol. The van der Waals surface area contributed by atoms with Gasteiger partial charge in [-0.15, -0.1) is 0 Å². The van der Waals surface area contributed by atoms with Crippen molar-refractivity contribution in [3.05, 3.63) is 35.8 Å². The van der Waals surface area contributed by atoms with Gasteiger partial charge in [0.05, 0.1) is 0 Å². The third-order valence-corrected chi connectivity index (χ3v) is 2.58. The summed E-state index contributed by atoms with van der Waals surface area (Å²) in [6.07, 6.45) is 2.89. The Morgan fingerprint density at radius 2 is 1.94 bits per heavy atom. The number of nitrogens with one attached hydrogen (secondary N) is 1. The zero-order valence-corrected chi connectivity index (χ0v) is 11.1. The smallest absolute Gasteiger partial charge is 0.163 e. The van der Waals surface area contributed by atoms with Gasteiger partial charge >= 0.3 is 0 Å². The van der Waals surface area contributed by atoms with E-state index in [2.05, 4.69) is 27.2 Å². The molecule has 4 nitrogen and oxygen atoms in total. The monoisotopic (exact) mass is 242 g/mol. The van der Waals surface area contributed by atoms with Crippen LogP contribution in [0.4, 0.5) is 5.82 Å². The highest BCUT2D eigenvalue weighted by molar-refractivity contribution is 5.56. The summed E-state index contributed by atoms with van der Waals surface area (Å²) in [5, 5.41) is 3.29. The molecular formula is C14H18N4. The van der Waals surface area contributed by atoms with Crippen LogP contribution >= 0.6 is 0 Å².